The molecule has 4 aliphatic carbocycles. The Balaban J connectivity index is 1.67. The summed E-state index contributed by atoms with van der Waals surface area (Å²) in [7, 11) is 0. The van der Waals surface area contributed by atoms with Gasteiger partial charge in [-0.3, -0.25) is 4.79 Å². The SMILES string of the molecule is NC12CCC(C(=O)NC3CC3F)(CC1)CC2. The van der Waals surface area contributed by atoms with E-state index in [0.29, 0.717) is 6.42 Å². The van der Waals surface area contributed by atoms with E-state index in [1.807, 2.05) is 0 Å². The molecule has 0 aromatic carbocycles. The smallest absolute Gasteiger partial charge is 0.226 e. The molecular formula is C12H19FN2O. The topological polar surface area (TPSA) is 55.1 Å². The molecule has 90 valence electrons. The number of nitrogens with two attached hydrogens (primary N) is 1. The lowest BCUT2D eigenvalue weighted by molar-refractivity contribution is -0.137. The van der Waals surface area contributed by atoms with E-state index >= 15 is 0 Å². The molecule has 0 heterocycles. The molecule has 3 N–H and O–H groups in total. The average Bonchev–Trinajstić information content (AvgIpc) is 2.96. The van der Waals surface area contributed by atoms with Gasteiger partial charge in [0, 0.05) is 17.4 Å². The molecule has 0 radical (unpaired) electrons. The predicted octanol–water partition coefficient (Wildman–Crippen LogP) is 1.26. The number of nitrogens with one attached hydrogen (secondary N) is 1. The number of hydrogen-bond donors (Lipinski definition) is 2. The summed E-state index contributed by atoms with van der Waals surface area (Å²) in [5, 5.41) is 2.85. The number of hydrogen-bond acceptors (Lipinski definition) is 2. The molecule has 4 rings (SSSR count). The lowest BCUT2D eigenvalue weighted by Crippen LogP contribution is -2.56. The summed E-state index contributed by atoms with van der Waals surface area (Å²) >= 11 is 0. The van der Waals surface area contributed by atoms with Crippen molar-refractivity contribution < 1.29 is 9.18 Å². The molecule has 2 unspecified atom stereocenters. The summed E-state index contributed by atoms with van der Waals surface area (Å²) < 4.78 is 12.8. The van der Waals surface area contributed by atoms with Crippen LogP contribution in [0.4, 0.5) is 4.39 Å². The van der Waals surface area contributed by atoms with Gasteiger partial charge in [-0.05, 0) is 38.5 Å². The molecule has 2 bridgehead atoms. The van der Waals surface area contributed by atoms with Gasteiger partial charge in [0.15, 0.2) is 0 Å². The number of rotatable bonds is 2. The number of carbonyl (C=O) groups is 1. The first-order valence-corrected chi connectivity index (χ1v) is 6.27. The normalized spacial score (nSPS) is 50.1. The van der Waals surface area contributed by atoms with Gasteiger partial charge in [0.2, 0.25) is 5.91 Å². The van der Waals surface area contributed by atoms with Gasteiger partial charge in [0.05, 0.1) is 6.04 Å². The zero-order chi connectivity index (χ0) is 11.4. The number of amides is 1. The van der Waals surface area contributed by atoms with Crippen LogP contribution in [0.5, 0.6) is 0 Å². The maximum atomic E-state index is 12.8. The van der Waals surface area contributed by atoms with Crippen molar-refractivity contribution in [3.05, 3.63) is 0 Å². The average molecular weight is 226 g/mol. The molecule has 4 aliphatic rings. The Labute approximate surface area is 95.0 Å². The number of carbonyl (C=O) groups excluding carboxylic acids is 1. The van der Waals surface area contributed by atoms with Gasteiger partial charge in [-0.2, -0.15) is 0 Å². The molecule has 2 atom stereocenters. The molecule has 3 nitrogen and oxygen atoms in total. The van der Waals surface area contributed by atoms with E-state index in [9.17, 15) is 9.18 Å². The monoisotopic (exact) mass is 226 g/mol. The van der Waals surface area contributed by atoms with Crippen molar-refractivity contribution in [3.63, 3.8) is 0 Å². The quantitative estimate of drug-likeness (QED) is 0.745. The van der Waals surface area contributed by atoms with Crippen molar-refractivity contribution in [2.24, 2.45) is 11.1 Å². The summed E-state index contributed by atoms with van der Waals surface area (Å²) in [6.07, 6.45) is 5.21. The standard InChI is InChI=1S/C12H19FN2O/c13-8-7-9(8)15-10(16)11-1-4-12(14,5-2-11)6-3-11/h8-9H,1-7,14H2,(H,15,16). The lowest BCUT2D eigenvalue weighted by Gasteiger charge is -2.50. The Hall–Kier alpha value is -0.640. The minimum absolute atomic E-state index is 0.00969. The van der Waals surface area contributed by atoms with E-state index in [1.165, 1.54) is 0 Å². The minimum atomic E-state index is -0.805. The zero-order valence-electron chi connectivity index (χ0n) is 9.47. The Bertz CT molecular complexity index is 306. The van der Waals surface area contributed by atoms with E-state index in [4.69, 9.17) is 5.73 Å². The van der Waals surface area contributed by atoms with Gasteiger partial charge in [-0.1, -0.05) is 0 Å². The van der Waals surface area contributed by atoms with E-state index in [2.05, 4.69) is 5.32 Å². The van der Waals surface area contributed by atoms with Crippen LogP contribution in [0.15, 0.2) is 0 Å². The third kappa shape index (κ3) is 1.54. The molecule has 0 aliphatic heterocycles. The molecule has 0 saturated heterocycles. The molecule has 0 aromatic rings. The molecule has 16 heavy (non-hydrogen) atoms. The number of fused-ring (bicyclic) bond motifs is 3. The number of halogens is 1. The molecular weight excluding hydrogens is 207 g/mol. The van der Waals surface area contributed by atoms with Crippen molar-refractivity contribution in [3.8, 4) is 0 Å². The van der Waals surface area contributed by atoms with Crippen LogP contribution in [-0.2, 0) is 4.79 Å². The maximum Gasteiger partial charge on any atom is 0.226 e. The number of alkyl halides is 1. The fraction of sp³-hybridized carbons (Fsp3) is 0.917. The van der Waals surface area contributed by atoms with Crippen LogP contribution < -0.4 is 11.1 Å². The van der Waals surface area contributed by atoms with Crippen molar-refractivity contribution in [1.29, 1.82) is 0 Å². The van der Waals surface area contributed by atoms with E-state index < -0.39 is 6.17 Å². The Morgan fingerprint density at radius 1 is 1.19 bits per heavy atom. The summed E-state index contributed by atoms with van der Waals surface area (Å²) in [6.45, 7) is 0. The first-order valence-electron chi connectivity index (χ1n) is 6.27. The minimum Gasteiger partial charge on any atom is -0.350 e. The highest BCUT2D eigenvalue weighted by Crippen LogP contribution is 2.51. The van der Waals surface area contributed by atoms with Crippen LogP contribution in [0.3, 0.4) is 0 Å². The van der Waals surface area contributed by atoms with E-state index in [0.717, 1.165) is 38.5 Å². The highest BCUT2D eigenvalue weighted by atomic mass is 19.1. The summed E-state index contributed by atoms with van der Waals surface area (Å²) in [4.78, 5) is 12.2. The first-order chi connectivity index (χ1) is 7.53. The third-order valence-electron chi connectivity index (χ3n) is 4.82. The van der Waals surface area contributed by atoms with Gasteiger partial charge in [-0.25, -0.2) is 4.39 Å². The molecule has 0 spiro atoms. The van der Waals surface area contributed by atoms with Crippen molar-refractivity contribution in [2.75, 3.05) is 0 Å². The highest BCUT2D eigenvalue weighted by Gasteiger charge is 2.52. The van der Waals surface area contributed by atoms with Gasteiger partial charge in [0.25, 0.3) is 0 Å². The third-order valence-corrected chi connectivity index (χ3v) is 4.82. The van der Waals surface area contributed by atoms with E-state index in [-0.39, 0.29) is 22.9 Å². The first kappa shape index (κ1) is 10.5. The van der Waals surface area contributed by atoms with Crippen molar-refractivity contribution in [1.82, 2.24) is 5.32 Å². The van der Waals surface area contributed by atoms with Crippen LogP contribution in [0.25, 0.3) is 0 Å². The second kappa shape index (κ2) is 3.19. The second-order valence-electron chi connectivity index (χ2n) is 5.97. The van der Waals surface area contributed by atoms with E-state index in [1.54, 1.807) is 0 Å². The van der Waals surface area contributed by atoms with Crippen LogP contribution in [0, 0.1) is 5.41 Å². The zero-order valence-corrected chi connectivity index (χ0v) is 9.47. The molecule has 1 amide bonds. The molecule has 0 aromatic heterocycles. The Kier molecular flexibility index (Phi) is 2.09. The van der Waals surface area contributed by atoms with Crippen molar-refractivity contribution in [2.45, 2.75) is 62.7 Å². The largest absolute Gasteiger partial charge is 0.350 e. The van der Waals surface area contributed by atoms with Crippen LogP contribution in [-0.4, -0.2) is 23.7 Å². The fourth-order valence-electron chi connectivity index (χ4n) is 3.19. The van der Waals surface area contributed by atoms with Gasteiger partial charge in [0.1, 0.15) is 6.17 Å². The summed E-state index contributed by atoms with van der Waals surface area (Å²) in [5.74, 6) is 0.0828. The van der Waals surface area contributed by atoms with Crippen molar-refractivity contribution >= 4 is 5.91 Å². The summed E-state index contributed by atoms with van der Waals surface area (Å²) in [5.41, 5.74) is 5.97. The Morgan fingerprint density at radius 3 is 2.12 bits per heavy atom. The van der Waals surface area contributed by atoms with Crippen LogP contribution >= 0.6 is 0 Å². The van der Waals surface area contributed by atoms with Gasteiger partial charge < -0.3 is 11.1 Å². The van der Waals surface area contributed by atoms with Crippen LogP contribution in [0.1, 0.15) is 44.9 Å². The molecule has 4 heteroatoms. The summed E-state index contributed by atoms with van der Waals surface area (Å²) in [6, 6.07) is -0.201. The molecule has 4 fully saturated rings. The lowest BCUT2D eigenvalue weighted by atomic mass is 9.57. The fourth-order valence-corrected chi connectivity index (χ4v) is 3.19. The Morgan fingerprint density at radius 2 is 1.69 bits per heavy atom. The van der Waals surface area contributed by atoms with Gasteiger partial charge in [-0.15, -0.1) is 0 Å². The second-order valence-corrected chi connectivity index (χ2v) is 5.97. The highest BCUT2D eigenvalue weighted by molar-refractivity contribution is 5.83. The van der Waals surface area contributed by atoms with Crippen LogP contribution in [0.2, 0.25) is 0 Å². The predicted molar refractivity (Wildman–Crippen MR) is 58.5 cm³/mol. The maximum absolute atomic E-state index is 12.8. The van der Waals surface area contributed by atoms with Gasteiger partial charge >= 0.3 is 0 Å². The molecule has 4 saturated carbocycles.